The van der Waals surface area contributed by atoms with Crippen molar-refractivity contribution in [2.45, 2.75) is 25.2 Å². The first kappa shape index (κ1) is 15.0. The van der Waals surface area contributed by atoms with Gasteiger partial charge in [0.2, 0.25) is 10.0 Å². The van der Waals surface area contributed by atoms with Gasteiger partial charge in [-0.3, -0.25) is 0 Å². The number of benzene rings is 1. The molecule has 6 heteroatoms. The summed E-state index contributed by atoms with van der Waals surface area (Å²) in [5.41, 5.74) is 7.61. The molecule has 0 spiro atoms. The molecule has 0 saturated carbocycles. The Balaban J connectivity index is 2.16. The van der Waals surface area contributed by atoms with Gasteiger partial charge in [0.15, 0.2) is 0 Å². The van der Waals surface area contributed by atoms with E-state index in [1.54, 1.807) is 37.3 Å². The van der Waals surface area contributed by atoms with Crippen molar-refractivity contribution in [1.29, 1.82) is 0 Å². The summed E-state index contributed by atoms with van der Waals surface area (Å²) in [5, 5.41) is 1.98. The molecule has 1 aromatic heterocycles. The van der Waals surface area contributed by atoms with Gasteiger partial charge >= 0.3 is 0 Å². The van der Waals surface area contributed by atoms with Gasteiger partial charge in [0, 0.05) is 17.1 Å². The molecular weight excluding hydrogens is 292 g/mol. The molecule has 0 aliphatic carbocycles. The number of nitrogens with two attached hydrogens (primary N) is 1. The predicted molar refractivity (Wildman–Crippen MR) is 83.5 cm³/mol. The molecule has 0 fully saturated rings. The van der Waals surface area contributed by atoms with Crippen LogP contribution in [0.2, 0.25) is 0 Å². The second-order valence-electron chi connectivity index (χ2n) is 4.65. The molecule has 0 radical (unpaired) electrons. The Morgan fingerprint density at radius 1 is 1.25 bits per heavy atom. The van der Waals surface area contributed by atoms with Crippen LogP contribution in [0.3, 0.4) is 0 Å². The number of anilines is 1. The molecule has 2 rings (SSSR count). The zero-order valence-corrected chi connectivity index (χ0v) is 13.1. The minimum atomic E-state index is -3.52. The maximum Gasteiger partial charge on any atom is 0.241 e. The molecule has 0 unspecified atom stereocenters. The minimum absolute atomic E-state index is 0.295. The molecular formula is C14H18N2O2S2. The van der Waals surface area contributed by atoms with Crippen LogP contribution >= 0.6 is 11.3 Å². The van der Waals surface area contributed by atoms with Crippen molar-refractivity contribution < 1.29 is 8.42 Å². The maximum absolute atomic E-state index is 12.4. The Morgan fingerprint density at radius 2 is 2.00 bits per heavy atom. The van der Waals surface area contributed by atoms with E-state index in [4.69, 9.17) is 5.73 Å². The SMILES string of the molecule is Cc1ccc(N)c(C)c1S(=O)(=O)NCCc1cccs1. The van der Waals surface area contributed by atoms with E-state index < -0.39 is 10.0 Å². The summed E-state index contributed by atoms with van der Waals surface area (Å²) in [6.45, 7) is 3.90. The Kier molecular flexibility index (Phi) is 4.47. The van der Waals surface area contributed by atoms with Gasteiger partial charge in [-0.25, -0.2) is 13.1 Å². The Bertz CT molecular complexity index is 692. The van der Waals surface area contributed by atoms with Crippen LogP contribution in [0.25, 0.3) is 0 Å². The second-order valence-corrected chi connectivity index (χ2v) is 7.39. The summed E-state index contributed by atoms with van der Waals surface area (Å²) >= 11 is 1.62. The Labute approximate surface area is 123 Å². The van der Waals surface area contributed by atoms with Gasteiger partial charge in [-0.2, -0.15) is 0 Å². The van der Waals surface area contributed by atoms with Crippen LogP contribution < -0.4 is 10.5 Å². The normalized spacial score (nSPS) is 11.7. The van der Waals surface area contributed by atoms with Gasteiger partial charge in [-0.05, 0) is 48.9 Å². The van der Waals surface area contributed by atoms with Crippen molar-refractivity contribution in [2.75, 3.05) is 12.3 Å². The Morgan fingerprint density at radius 3 is 2.65 bits per heavy atom. The smallest absolute Gasteiger partial charge is 0.241 e. The van der Waals surface area contributed by atoms with E-state index in [-0.39, 0.29) is 0 Å². The highest BCUT2D eigenvalue weighted by Gasteiger charge is 2.20. The standard InChI is InChI=1S/C14H18N2O2S2/c1-10-5-6-13(15)11(2)14(10)20(17,18)16-8-7-12-4-3-9-19-12/h3-6,9,16H,7-8,15H2,1-2H3. The van der Waals surface area contributed by atoms with Crippen molar-refractivity contribution in [1.82, 2.24) is 4.72 Å². The third kappa shape index (κ3) is 3.20. The fourth-order valence-corrected chi connectivity index (χ4v) is 4.33. The topological polar surface area (TPSA) is 72.2 Å². The highest BCUT2D eigenvalue weighted by molar-refractivity contribution is 7.89. The van der Waals surface area contributed by atoms with E-state index >= 15 is 0 Å². The molecule has 0 bridgehead atoms. The summed E-state index contributed by atoms with van der Waals surface area (Å²) in [7, 11) is -3.52. The first-order valence-corrected chi connectivity index (χ1v) is 8.66. The Hall–Kier alpha value is -1.37. The number of aryl methyl sites for hydroxylation is 1. The highest BCUT2D eigenvalue weighted by Crippen LogP contribution is 2.24. The molecule has 4 nitrogen and oxygen atoms in total. The number of hydrogen-bond acceptors (Lipinski definition) is 4. The van der Waals surface area contributed by atoms with Gasteiger partial charge in [0.25, 0.3) is 0 Å². The summed E-state index contributed by atoms with van der Waals surface area (Å²) in [5.74, 6) is 0. The van der Waals surface area contributed by atoms with Crippen molar-refractivity contribution >= 4 is 27.0 Å². The molecule has 0 amide bonds. The van der Waals surface area contributed by atoms with Gasteiger partial charge < -0.3 is 5.73 Å². The van der Waals surface area contributed by atoms with E-state index in [1.807, 2.05) is 17.5 Å². The molecule has 2 aromatic rings. The summed E-state index contributed by atoms with van der Waals surface area (Å²) < 4.78 is 27.4. The number of thiophene rings is 1. The van der Waals surface area contributed by atoms with Crippen LogP contribution in [-0.2, 0) is 16.4 Å². The molecule has 0 aliphatic rings. The van der Waals surface area contributed by atoms with E-state index in [9.17, 15) is 8.42 Å². The third-order valence-electron chi connectivity index (χ3n) is 3.16. The van der Waals surface area contributed by atoms with Crippen molar-refractivity contribution in [2.24, 2.45) is 0 Å². The second kappa shape index (κ2) is 5.95. The first-order valence-electron chi connectivity index (χ1n) is 6.29. The lowest BCUT2D eigenvalue weighted by molar-refractivity contribution is 0.580. The van der Waals surface area contributed by atoms with Gasteiger partial charge in [0.1, 0.15) is 0 Å². The summed E-state index contributed by atoms with van der Waals surface area (Å²) in [4.78, 5) is 1.46. The predicted octanol–water partition coefficient (Wildman–Crippen LogP) is 2.47. The lowest BCUT2D eigenvalue weighted by Gasteiger charge is -2.13. The van der Waals surface area contributed by atoms with Crippen LogP contribution in [0.4, 0.5) is 5.69 Å². The van der Waals surface area contributed by atoms with E-state index in [1.165, 1.54) is 0 Å². The van der Waals surface area contributed by atoms with Gasteiger partial charge in [0.05, 0.1) is 4.90 Å². The molecule has 3 N–H and O–H groups in total. The molecule has 0 aliphatic heterocycles. The van der Waals surface area contributed by atoms with Gasteiger partial charge in [-0.15, -0.1) is 11.3 Å². The highest BCUT2D eigenvalue weighted by atomic mass is 32.2. The molecule has 0 atom stereocenters. The minimum Gasteiger partial charge on any atom is -0.398 e. The van der Waals surface area contributed by atoms with E-state index in [0.29, 0.717) is 34.7 Å². The zero-order valence-electron chi connectivity index (χ0n) is 11.5. The fraction of sp³-hybridized carbons (Fsp3) is 0.286. The lowest BCUT2D eigenvalue weighted by Crippen LogP contribution is -2.27. The first-order chi connectivity index (χ1) is 9.42. The van der Waals surface area contributed by atoms with E-state index in [2.05, 4.69) is 4.72 Å². The average Bonchev–Trinajstić information content (AvgIpc) is 2.87. The number of hydrogen-bond donors (Lipinski definition) is 2. The van der Waals surface area contributed by atoms with Crippen molar-refractivity contribution in [3.63, 3.8) is 0 Å². The molecule has 1 heterocycles. The van der Waals surface area contributed by atoms with Crippen molar-refractivity contribution in [3.8, 4) is 0 Å². The zero-order chi connectivity index (χ0) is 14.8. The fourth-order valence-electron chi connectivity index (χ4n) is 2.09. The number of nitrogen functional groups attached to an aromatic ring is 1. The van der Waals surface area contributed by atoms with Crippen LogP contribution in [0, 0.1) is 13.8 Å². The van der Waals surface area contributed by atoms with Crippen molar-refractivity contribution in [3.05, 3.63) is 45.6 Å². The van der Waals surface area contributed by atoms with Crippen LogP contribution in [-0.4, -0.2) is 15.0 Å². The molecule has 20 heavy (non-hydrogen) atoms. The summed E-state index contributed by atoms with van der Waals surface area (Å²) in [6.07, 6.45) is 0.692. The largest absolute Gasteiger partial charge is 0.398 e. The maximum atomic E-state index is 12.4. The number of sulfonamides is 1. The molecule has 0 saturated heterocycles. The summed E-state index contributed by atoms with van der Waals surface area (Å²) in [6, 6.07) is 7.42. The van der Waals surface area contributed by atoms with E-state index in [0.717, 1.165) is 4.88 Å². The number of nitrogens with one attached hydrogen (secondary N) is 1. The van der Waals surface area contributed by atoms with Crippen LogP contribution in [0.15, 0.2) is 34.5 Å². The van der Waals surface area contributed by atoms with Crippen LogP contribution in [0.5, 0.6) is 0 Å². The quantitative estimate of drug-likeness (QED) is 0.833. The molecule has 1 aromatic carbocycles. The lowest BCUT2D eigenvalue weighted by atomic mass is 10.1. The number of rotatable bonds is 5. The monoisotopic (exact) mass is 310 g/mol. The molecule has 108 valence electrons. The van der Waals surface area contributed by atoms with Gasteiger partial charge in [-0.1, -0.05) is 12.1 Å². The third-order valence-corrected chi connectivity index (χ3v) is 5.84. The van der Waals surface area contributed by atoms with Crippen LogP contribution in [0.1, 0.15) is 16.0 Å². The average molecular weight is 310 g/mol.